The highest BCUT2D eigenvalue weighted by atomic mass is 31.2. The van der Waals surface area contributed by atoms with Crippen molar-refractivity contribution in [2.45, 2.75) is 296 Å². The Labute approximate surface area is 423 Å². The molecule has 68 heavy (non-hydrogen) atoms. The van der Waals surface area contributed by atoms with Crippen molar-refractivity contribution in [3.63, 3.8) is 0 Å². The van der Waals surface area contributed by atoms with E-state index in [1.807, 2.05) is 27.2 Å². The first-order valence-electron chi connectivity index (χ1n) is 29.4. The van der Waals surface area contributed by atoms with Crippen molar-refractivity contribution in [3.8, 4) is 0 Å². The minimum atomic E-state index is -4.59. The number of hydrogen-bond acceptors (Lipinski definition) is 6. The fraction of sp³-hybridized carbons (Fsp3) is 0.881. The highest BCUT2D eigenvalue weighted by Gasteiger charge is 2.23. The molecule has 0 aliphatic carbocycles. The van der Waals surface area contributed by atoms with E-state index in [4.69, 9.17) is 9.05 Å². The summed E-state index contributed by atoms with van der Waals surface area (Å²) in [5, 5.41) is 13.9. The Morgan fingerprint density at radius 1 is 0.515 bits per heavy atom. The summed E-state index contributed by atoms with van der Waals surface area (Å²) in [5.74, 6) is -0.195. The third-order valence-electron chi connectivity index (χ3n) is 13.3. The molecule has 3 unspecified atom stereocenters. The molecular weight excluding hydrogens is 864 g/mol. The zero-order valence-electron chi connectivity index (χ0n) is 45.8. The first kappa shape index (κ1) is 66.7. The summed E-state index contributed by atoms with van der Waals surface area (Å²) >= 11 is 0. The van der Waals surface area contributed by atoms with Crippen LogP contribution >= 0.6 is 7.82 Å². The van der Waals surface area contributed by atoms with Crippen LogP contribution in [0.3, 0.4) is 0 Å². The number of carbonyl (C=O) groups excluding carboxylic acids is 1. The van der Waals surface area contributed by atoms with Crippen LogP contribution in [0.15, 0.2) is 36.5 Å². The van der Waals surface area contributed by atoms with Crippen molar-refractivity contribution in [1.82, 2.24) is 5.32 Å². The molecule has 3 atom stereocenters. The van der Waals surface area contributed by atoms with E-state index >= 15 is 0 Å². The van der Waals surface area contributed by atoms with Crippen LogP contribution in [-0.4, -0.2) is 68.5 Å². The van der Waals surface area contributed by atoms with E-state index in [1.165, 1.54) is 218 Å². The predicted molar refractivity (Wildman–Crippen MR) is 293 cm³/mol. The van der Waals surface area contributed by atoms with Crippen molar-refractivity contribution in [3.05, 3.63) is 36.5 Å². The third kappa shape index (κ3) is 52.5. The number of unbranched alkanes of at least 4 members (excludes halogenated alkanes) is 37. The van der Waals surface area contributed by atoms with Crippen LogP contribution < -0.4 is 10.2 Å². The van der Waals surface area contributed by atoms with Crippen LogP contribution in [0.4, 0.5) is 0 Å². The molecule has 0 fully saturated rings. The Kier molecular flexibility index (Phi) is 49.7. The number of likely N-dealkylation sites (N-methyl/N-ethyl adjacent to an activating group) is 1. The lowest BCUT2D eigenvalue weighted by Crippen LogP contribution is -2.45. The van der Waals surface area contributed by atoms with Crippen LogP contribution in [0.1, 0.15) is 284 Å². The number of nitrogens with zero attached hydrogens (tertiary/aromatic N) is 1. The van der Waals surface area contributed by atoms with Gasteiger partial charge in [0.05, 0.1) is 39.9 Å². The molecule has 0 bridgehead atoms. The van der Waals surface area contributed by atoms with Gasteiger partial charge in [0.2, 0.25) is 5.91 Å². The lowest BCUT2D eigenvalue weighted by Gasteiger charge is -2.29. The molecule has 0 rings (SSSR count). The molecule has 1 amide bonds. The van der Waals surface area contributed by atoms with E-state index in [2.05, 4.69) is 43.5 Å². The lowest BCUT2D eigenvalue weighted by atomic mass is 10.0. The molecule has 2 N–H and O–H groups in total. The molecule has 8 nitrogen and oxygen atoms in total. The van der Waals surface area contributed by atoms with Crippen LogP contribution in [0, 0.1) is 0 Å². The molecule has 0 saturated carbocycles. The minimum Gasteiger partial charge on any atom is -0.756 e. The van der Waals surface area contributed by atoms with Crippen molar-refractivity contribution in [2.75, 3.05) is 40.9 Å². The number of hydrogen-bond donors (Lipinski definition) is 2. The number of nitrogens with one attached hydrogen (secondary N) is 1. The highest BCUT2D eigenvalue weighted by molar-refractivity contribution is 7.45. The molecule has 0 aromatic heterocycles. The number of quaternary nitrogens is 1. The van der Waals surface area contributed by atoms with E-state index in [9.17, 15) is 19.4 Å². The van der Waals surface area contributed by atoms with Gasteiger partial charge < -0.3 is 28.8 Å². The average molecular weight is 980 g/mol. The van der Waals surface area contributed by atoms with Crippen molar-refractivity contribution in [1.29, 1.82) is 0 Å². The van der Waals surface area contributed by atoms with Gasteiger partial charge in [0.15, 0.2) is 0 Å². The Morgan fingerprint density at radius 2 is 0.853 bits per heavy atom. The highest BCUT2D eigenvalue weighted by Crippen LogP contribution is 2.38. The summed E-state index contributed by atoms with van der Waals surface area (Å²) in [7, 11) is 1.27. The second kappa shape index (κ2) is 50.7. The Morgan fingerprint density at radius 3 is 1.22 bits per heavy atom. The number of phosphoric acid groups is 1. The Bertz CT molecular complexity index is 1200. The molecule has 0 radical (unpaired) electrons. The van der Waals surface area contributed by atoms with Crippen LogP contribution in [-0.2, 0) is 18.4 Å². The Balaban J connectivity index is 4.07. The molecule has 0 spiro atoms. The summed E-state index contributed by atoms with van der Waals surface area (Å²) < 4.78 is 23.3. The summed E-state index contributed by atoms with van der Waals surface area (Å²) in [6.45, 7) is 4.67. The zero-order valence-corrected chi connectivity index (χ0v) is 46.7. The van der Waals surface area contributed by atoms with Crippen LogP contribution in [0.2, 0.25) is 0 Å². The largest absolute Gasteiger partial charge is 0.756 e. The van der Waals surface area contributed by atoms with Gasteiger partial charge in [-0.3, -0.25) is 9.36 Å². The van der Waals surface area contributed by atoms with Gasteiger partial charge in [-0.25, -0.2) is 0 Å². The molecule has 0 aromatic rings. The Hall–Kier alpha value is -1.28. The van der Waals surface area contributed by atoms with E-state index in [-0.39, 0.29) is 19.1 Å². The van der Waals surface area contributed by atoms with Gasteiger partial charge in [-0.05, 0) is 51.4 Å². The van der Waals surface area contributed by atoms with Gasteiger partial charge in [-0.15, -0.1) is 0 Å². The average Bonchev–Trinajstić information content (AvgIpc) is 3.30. The molecule has 0 saturated heterocycles. The number of aliphatic hydroxyl groups is 1. The summed E-state index contributed by atoms with van der Waals surface area (Å²) in [6.07, 6.45) is 65.1. The number of allylic oxidation sites excluding steroid dienone is 5. The number of rotatable bonds is 54. The number of aliphatic hydroxyl groups excluding tert-OH is 1. The SMILES string of the molecule is CCCCCCCCCCC/C=C\C/C=C\CCCCCCCCCCCCCCCCCC(=O)NC(COP(=O)([O-])OCC[N+](C)(C)C)C(O)/C=C/CCCCCCCCCCCCCCC. The second-order valence-corrected chi connectivity index (χ2v) is 22.8. The summed E-state index contributed by atoms with van der Waals surface area (Å²) in [6, 6.07) is -0.885. The molecule has 0 aliphatic heterocycles. The van der Waals surface area contributed by atoms with Crippen LogP contribution in [0.25, 0.3) is 0 Å². The van der Waals surface area contributed by atoms with Gasteiger partial charge in [-0.2, -0.15) is 0 Å². The summed E-state index contributed by atoms with van der Waals surface area (Å²) in [5.41, 5.74) is 0. The maximum absolute atomic E-state index is 13.0. The van der Waals surface area contributed by atoms with Gasteiger partial charge in [0, 0.05) is 6.42 Å². The van der Waals surface area contributed by atoms with Crippen molar-refractivity contribution in [2.24, 2.45) is 0 Å². The van der Waals surface area contributed by atoms with Gasteiger partial charge >= 0.3 is 0 Å². The monoisotopic (exact) mass is 979 g/mol. The van der Waals surface area contributed by atoms with Gasteiger partial charge in [0.25, 0.3) is 7.82 Å². The molecule has 0 aliphatic rings. The maximum atomic E-state index is 13.0. The fourth-order valence-corrected chi connectivity index (χ4v) is 9.44. The lowest BCUT2D eigenvalue weighted by molar-refractivity contribution is -0.870. The number of carbonyl (C=O) groups is 1. The summed E-state index contributed by atoms with van der Waals surface area (Å²) in [4.78, 5) is 25.5. The van der Waals surface area contributed by atoms with Crippen molar-refractivity contribution >= 4 is 13.7 Å². The standard InChI is InChI=1S/C59H115N2O6P/c1-6-8-10-12-14-16-18-20-22-23-24-25-26-27-28-29-30-31-32-33-34-35-36-37-39-41-43-45-47-49-51-53-59(63)60-57(56-67-68(64,65)66-55-54-61(3,4)5)58(62)52-50-48-46-44-42-40-38-21-19-17-15-13-11-9-7-2/h24-25,27-28,50,52,57-58,62H,6-23,26,29-49,51,53-56H2,1-5H3,(H-,60,63,64,65)/b25-24-,28-27-,52-50+. The molecule has 0 heterocycles. The van der Waals surface area contributed by atoms with E-state index < -0.39 is 20.0 Å². The quantitative estimate of drug-likeness (QED) is 0.0272. The number of amides is 1. The van der Waals surface area contributed by atoms with Gasteiger partial charge in [0.1, 0.15) is 13.2 Å². The van der Waals surface area contributed by atoms with Crippen LogP contribution in [0.5, 0.6) is 0 Å². The molecule has 9 heteroatoms. The first-order valence-corrected chi connectivity index (χ1v) is 30.8. The first-order chi connectivity index (χ1) is 33.0. The van der Waals surface area contributed by atoms with Gasteiger partial charge in [-0.1, -0.05) is 262 Å². The topological polar surface area (TPSA) is 108 Å². The van der Waals surface area contributed by atoms with E-state index in [1.54, 1.807) is 6.08 Å². The smallest absolute Gasteiger partial charge is 0.268 e. The maximum Gasteiger partial charge on any atom is 0.268 e. The molecular formula is C59H115N2O6P. The predicted octanol–water partition coefficient (Wildman–Crippen LogP) is 17.1. The molecule has 0 aromatic carbocycles. The fourth-order valence-electron chi connectivity index (χ4n) is 8.72. The minimum absolute atomic E-state index is 0.0000110. The second-order valence-electron chi connectivity index (χ2n) is 21.4. The third-order valence-corrected chi connectivity index (χ3v) is 14.3. The normalized spacial score (nSPS) is 14.2. The molecule has 402 valence electrons. The van der Waals surface area contributed by atoms with E-state index in [0.29, 0.717) is 17.4 Å². The zero-order chi connectivity index (χ0) is 49.9. The van der Waals surface area contributed by atoms with E-state index in [0.717, 1.165) is 44.9 Å². The van der Waals surface area contributed by atoms with Crippen molar-refractivity contribution < 1.29 is 32.9 Å². The number of phosphoric ester groups is 1.